The average Bonchev–Trinajstić information content (AvgIpc) is 2.54. The van der Waals surface area contributed by atoms with Crippen LogP contribution in [0.25, 0.3) is 0 Å². The zero-order valence-corrected chi connectivity index (χ0v) is 14.6. The fraction of sp³-hybridized carbons (Fsp3) is 0.278. The Morgan fingerprint density at radius 2 is 1.84 bits per heavy atom. The molecule has 0 fully saturated rings. The summed E-state index contributed by atoms with van der Waals surface area (Å²) in [5, 5.41) is 5.16. The number of rotatable bonds is 4. The van der Waals surface area contributed by atoms with Crippen molar-refractivity contribution in [2.45, 2.75) is 26.4 Å². The van der Waals surface area contributed by atoms with Crippen molar-refractivity contribution < 1.29 is 19.1 Å². The smallest absolute Gasteiger partial charge is 0.412 e. The van der Waals surface area contributed by atoms with Crippen LogP contribution in [0.4, 0.5) is 10.5 Å². The molecule has 1 heterocycles. The first-order valence-electron chi connectivity index (χ1n) is 7.73. The molecule has 0 aliphatic carbocycles. The van der Waals surface area contributed by atoms with Gasteiger partial charge in [0.2, 0.25) is 0 Å². The Morgan fingerprint density at radius 1 is 1.12 bits per heavy atom. The van der Waals surface area contributed by atoms with Crippen LogP contribution < -0.4 is 15.4 Å². The van der Waals surface area contributed by atoms with Crippen molar-refractivity contribution in [3.05, 3.63) is 48.3 Å². The van der Waals surface area contributed by atoms with Crippen molar-refractivity contribution in [3.8, 4) is 11.5 Å². The third-order valence-electron chi connectivity index (χ3n) is 2.94. The summed E-state index contributed by atoms with van der Waals surface area (Å²) in [6.45, 7) is 5.35. The molecule has 1 aromatic heterocycles. The molecule has 0 saturated carbocycles. The number of aromatic nitrogens is 1. The van der Waals surface area contributed by atoms with E-state index in [9.17, 15) is 9.59 Å². The predicted molar refractivity (Wildman–Crippen MR) is 94.0 cm³/mol. The third kappa shape index (κ3) is 5.49. The first-order valence-corrected chi connectivity index (χ1v) is 7.73. The van der Waals surface area contributed by atoms with E-state index in [1.165, 1.54) is 19.3 Å². The molecule has 0 saturated heterocycles. The highest BCUT2D eigenvalue weighted by molar-refractivity contribution is 5.92. The summed E-state index contributed by atoms with van der Waals surface area (Å²) >= 11 is 0. The molecule has 0 aliphatic heterocycles. The minimum Gasteiger partial charge on any atom is -0.455 e. The van der Waals surface area contributed by atoms with E-state index < -0.39 is 11.7 Å². The number of para-hydroxylation sites is 2. The van der Waals surface area contributed by atoms with Gasteiger partial charge in [0.25, 0.3) is 5.91 Å². The number of pyridine rings is 1. The van der Waals surface area contributed by atoms with Crippen molar-refractivity contribution in [2.75, 3.05) is 12.4 Å². The molecule has 2 amide bonds. The van der Waals surface area contributed by atoms with Gasteiger partial charge in [-0.1, -0.05) is 12.1 Å². The van der Waals surface area contributed by atoms with Gasteiger partial charge < -0.3 is 14.8 Å². The van der Waals surface area contributed by atoms with Crippen LogP contribution in [0, 0.1) is 0 Å². The standard InChI is InChI=1S/C18H21N3O4/c1-18(2,3)25-17(23)21-13-7-5-6-8-15(13)24-12-9-10-20-14(11-12)16(22)19-4/h5-11H,1-4H3,(H,19,22)(H,21,23). The molecule has 7 heteroatoms. The summed E-state index contributed by atoms with van der Waals surface area (Å²) in [5.41, 5.74) is 0.0839. The quantitative estimate of drug-likeness (QED) is 0.885. The van der Waals surface area contributed by atoms with Gasteiger partial charge in [-0.15, -0.1) is 0 Å². The molecule has 2 N–H and O–H groups in total. The summed E-state index contributed by atoms with van der Waals surface area (Å²) < 4.78 is 11.0. The lowest BCUT2D eigenvalue weighted by Gasteiger charge is -2.20. The molecule has 0 radical (unpaired) electrons. The lowest BCUT2D eigenvalue weighted by Crippen LogP contribution is -2.27. The minimum atomic E-state index is -0.604. The third-order valence-corrected chi connectivity index (χ3v) is 2.94. The number of carbonyl (C=O) groups excluding carboxylic acids is 2. The topological polar surface area (TPSA) is 89.6 Å². The molecular formula is C18H21N3O4. The second kappa shape index (κ2) is 7.65. The number of benzene rings is 1. The van der Waals surface area contributed by atoms with Crippen LogP contribution in [0.5, 0.6) is 11.5 Å². The molecule has 0 spiro atoms. The fourth-order valence-electron chi connectivity index (χ4n) is 1.93. The fourth-order valence-corrected chi connectivity index (χ4v) is 1.93. The second-order valence-electron chi connectivity index (χ2n) is 6.18. The van der Waals surface area contributed by atoms with E-state index >= 15 is 0 Å². The molecule has 0 atom stereocenters. The monoisotopic (exact) mass is 343 g/mol. The number of ether oxygens (including phenoxy) is 2. The van der Waals surface area contributed by atoms with Crippen LogP contribution in [-0.4, -0.2) is 29.6 Å². The highest BCUT2D eigenvalue weighted by Crippen LogP contribution is 2.29. The zero-order valence-electron chi connectivity index (χ0n) is 14.6. The normalized spacial score (nSPS) is 10.7. The van der Waals surface area contributed by atoms with Crippen molar-refractivity contribution >= 4 is 17.7 Å². The van der Waals surface area contributed by atoms with Gasteiger partial charge in [0, 0.05) is 19.3 Å². The molecule has 1 aromatic carbocycles. The number of hydrogen-bond acceptors (Lipinski definition) is 5. The molecule has 0 aliphatic rings. The molecule has 25 heavy (non-hydrogen) atoms. The predicted octanol–water partition coefficient (Wildman–Crippen LogP) is 3.58. The molecule has 7 nitrogen and oxygen atoms in total. The Bertz CT molecular complexity index is 769. The maximum absolute atomic E-state index is 12.0. The van der Waals surface area contributed by atoms with E-state index in [0.717, 1.165) is 0 Å². The molecule has 2 aromatic rings. The number of nitrogens with one attached hydrogen (secondary N) is 2. The maximum atomic E-state index is 12.0. The van der Waals surface area contributed by atoms with Crippen LogP contribution in [0.15, 0.2) is 42.6 Å². The van der Waals surface area contributed by atoms with Crippen LogP contribution in [-0.2, 0) is 4.74 Å². The van der Waals surface area contributed by atoms with Gasteiger partial charge in [-0.25, -0.2) is 4.79 Å². The van der Waals surface area contributed by atoms with Crippen molar-refractivity contribution in [1.82, 2.24) is 10.3 Å². The number of hydrogen-bond donors (Lipinski definition) is 2. The Labute approximate surface area is 146 Å². The van der Waals surface area contributed by atoms with Crippen molar-refractivity contribution in [3.63, 3.8) is 0 Å². The van der Waals surface area contributed by atoms with Gasteiger partial charge in [-0.2, -0.15) is 0 Å². The van der Waals surface area contributed by atoms with Gasteiger partial charge >= 0.3 is 6.09 Å². The first kappa shape index (κ1) is 18.3. The molecule has 2 rings (SSSR count). The lowest BCUT2D eigenvalue weighted by atomic mass is 10.2. The van der Waals surface area contributed by atoms with Crippen molar-refractivity contribution in [1.29, 1.82) is 0 Å². The first-order chi connectivity index (χ1) is 11.8. The van der Waals surface area contributed by atoms with Crippen LogP contribution >= 0.6 is 0 Å². The Kier molecular flexibility index (Phi) is 5.59. The SMILES string of the molecule is CNC(=O)c1cc(Oc2ccccc2NC(=O)OC(C)(C)C)ccn1. The summed E-state index contributed by atoms with van der Waals surface area (Å²) in [7, 11) is 1.53. The number of nitrogens with zero attached hydrogens (tertiary/aromatic N) is 1. The maximum Gasteiger partial charge on any atom is 0.412 e. The van der Waals surface area contributed by atoms with E-state index in [0.29, 0.717) is 17.2 Å². The second-order valence-corrected chi connectivity index (χ2v) is 6.18. The van der Waals surface area contributed by atoms with Gasteiger partial charge in [-0.05, 0) is 39.0 Å². The highest BCUT2D eigenvalue weighted by Gasteiger charge is 2.17. The van der Waals surface area contributed by atoms with Crippen LogP contribution in [0.3, 0.4) is 0 Å². The molecule has 132 valence electrons. The van der Waals surface area contributed by atoms with E-state index in [2.05, 4.69) is 15.6 Å². The van der Waals surface area contributed by atoms with E-state index in [4.69, 9.17) is 9.47 Å². The van der Waals surface area contributed by atoms with E-state index in [-0.39, 0.29) is 11.6 Å². The molecular weight excluding hydrogens is 322 g/mol. The van der Waals surface area contributed by atoms with E-state index in [1.54, 1.807) is 51.1 Å². The van der Waals surface area contributed by atoms with Crippen molar-refractivity contribution in [2.24, 2.45) is 0 Å². The molecule has 0 unspecified atom stereocenters. The number of anilines is 1. The van der Waals surface area contributed by atoms with Gasteiger partial charge in [0.05, 0.1) is 5.69 Å². The summed E-state index contributed by atoms with van der Waals surface area (Å²) in [6.07, 6.45) is 0.897. The summed E-state index contributed by atoms with van der Waals surface area (Å²) in [5.74, 6) is 0.528. The van der Waals surface area contributed by atoms with Gasteiger partial charge in [0.15, 0.2) is 5.75 Å². The van der Waals surface area contributed by atoms with E-state index in [1.807, 2.05) is 0 Å². The largest absolute Gasteiger partial charge is 0.455 e. The van der Waals surface area contributed by atoms with Gasteiger partial charge in [0.1, 0.15) is 17.0 Å². The minimum absolute atomic E-state index is 0.234. The number of carbonyl (C=O) groups is 2. The van der Waals surface area contributed by atoms with Gasteiger partial charge in [-0.3, -0.25) is 15.1 Å². The summed E-state index contributed by atoms with van der Waals surface area (Å²) in [6, 6.07) is 10.1. The van der Waals surface area contributed by atoms with Crippen LogP contribution in [0.2, 0.25) is 0 Å². The summed E-state index contributed by atoms with van der Waals surface area (Å²) in [4.78, 5) is 27.6. The average molecular weight is 343 g/mol. The Morgan fingerprint density at radius 3 is 2.52 bits per heavy atom. The Hall–Kier alpha value is -3.09. The Balaban J connectivity index is 2.18. The molecule has 0 bridgehead atoms. The van der Waals surface area contributed by atoms with Crippen LogP contribution in [0.1, 0.15) is 31.3 Å². The lowest BCUT2D eigenvalue weighted by molar-refractivity contribution is 0.0635. The zero-order chi connectivity index (χ0) is 18.4. The highest BCUT2D eigenvalue weighted by atomic mass is 16.6. The number of amides is 2.